The molecule has 1 aliphatic rings. The van der Waals surface area contributed by atoms with E-state index in [1.807, 2.05) is 18.2 Å². The zero-order chi connectivity index (χ0) is 26.8. The van der Waals surface area contributed by atoms with Crippen molar-refractivity contribution in [1.82, 2.24) is 15.3 Å². The van der Waals surface area contributed by atoms with E-state index in [4.69, 9.17) is 21.6 Å². The normalized spacial score (nSPS) is 15.3. The molecule has 8 heteroatoms. The van der Waals surface area contributed by atoms with Crippen LogP contribution in [0.3, 0.4) is 0 Å². The first-order valence-corrected chi connectivity index (χ1v) is 13.0. The number of carboxylic acid groups (broad SMARTS) is 1. The van der Waals surface area contributed by atoms with E-state index in [0.29, 0.717) is 52.3 Å². The van der Waals surface area contributed by atoms with Crippen molar-refractivity contribution in [2.75, 3.05) is 0 Å². The number of fused-ring (bicyclic) bond motifs is 2. The molecular formula is C30H27ClFN3O3. The number of halogens is 2. The summed E-state index contributed by atoms with van der Waals surface area (Å²) in [5, 5.41) is 13.0. The first kappa shape index (κ1) is 25.8. The number of hydrogen-bond donors (Lipinski definition) is 2. The average molecular weight is 532 g/mol. The summed E-state index contributed by atoms with van der Waals surface area (Å²) in [7, 11) is 0. The predicted octanol–water partition coefficient (Wildman–Crippen LogP) is 6.55. The lowest BCUT2D eigenvalue weighted by Gasteiger charge is -2.15. The number of benzene rings is 3. The molecule has 2 N–H and O–H groups in total. The Labute approximate surface area is 224 Å². The molecule has 0 fully saturated rings. The van der Waals surface area contributed by atoms with Gasteiger partial charge < -0.3 is 10.4 Å². The van der Waals surface area contributed by atoms with Crippen LogP contribution in [-0.2, 0) is 17.6 Å². The third-order valence-electron chi connectivity index (χ3n) is 7.08. The van der Waals surface area contributed by atoms with Crippen molar-refractivity contribution in [3.63, 3.8) is 0 Å². The maximum atomic E-state index is 13.6. The minimum atomic E-state index is -0.836. The van der Waals surface area contributed by atoms with Crippen LogP contribution in [0.2, 0.25) is 5.02 Å². The lowest BCUT2D eigenvalue weighted by Crippen LogP contribution is -2.27. The van der Waals surface area contributed by atoms with Crippen molar-refractivity contribution in [2.24, 2.45) is 5.92 Å². The number of aryl methyl sites for hydroxylation is 2. The number of aromatic nitrogens is 2. The highest BCUT2D eigenvalue weighted by Gasteiger charge is 2.25. The quantitative estimate of drug-likeness (QED) is 0.269. The summed E-state index contributed by atoms with van der Waals surface area (Å²) < 4.78 is 13.6. The lowest BCUT2D eigenvalue weighted by atomic mass is 10.0. The summed E-state index contributed by atoms with van der Waals surface area (Å²) in [6.45, 7) is 1.68. The highest BCUT2D eigenvalue weighted by atomic mass is 35.5. The van der Waals surface area contributed by atoms with Gasteiger partial charge in [-0.3, -0.25) is 9.59 Å². The summed E-state index contributed by atoms with van der Waals surface area (Å²) in [4.78, 5) is 34.0. The first-order chi connectivity index (χ1) is 18.3. The Bertz CT molecular complexity index is 1520. The second-order valence-corrected chi connectivity index (χ2v) is 10.2. The number of carbonyl (C=O) groups is 2. The van der Waals surface area contributed by atoms with Crippen molar-refractivity contribution < 1.29 is 19.1 Å². The number of amides is 1. The highest BCUT2D eigenvalue weighted by molar-refractivity contribution is 6.30. The molecule has 38 heavy (non-hydrogen) atoms. The van der Waals surface area contributed by atoms with E-state index in [9.17, 15) is 19.1 Å². The fraction of sp³-hybridized carbons (Fsp3) is 0.267. The monoisotopic (exact) mass is 531 g/mol. The van der Waals surface area contributed by atoms with E-state index < -0.39 is 11.9 Å². The Hall–Kier alpha value is -3.84. The van der Waals surface area contributed by atoms with Gasteiger partial charge in [-0.15, -0.1) is 0 Å². The van der Waals surface area contributed by atoms with Gasteiger partial charge in [0.15, 0.2) is 0 Å². The summed E-state index contributed by atoms with van der Waals surface area (Å²) >= 11 is 6.12. The fourth-order valence-electron chi connectivity index (χ4n) is 4.92. The highest BCUT2D eigenvalue weighted by Crippen LogP contribution is 2.33. The van der Waals surface area contributed by atoms with Gasteiger partial charge in [0.1, 0.15) is 5.82 Å². The molecule has 0 saturated heterocycles. The molecule has 4 aromatic rings. The van der Waals surface area contributed by atoms with Crippen molar-refractivity contribution >= 4 is 34.5 Å². The minimum absolute atomic E-state index is 0.0795. The molecule has 0 aliphatic heterocycles. The number of nitrogens with zero attached hydrogens (tertiary/aromatic N) is 2. The van der Waals surface area contributed by atoms with Crippen LogP contribution in [0.5, 0.6) is 0 Å². The van der Waals surface area contributed by atoms with Crippen molar-refractivity contribution in [2.45, 2.75) is 45.1 Å². The molecule has 5 rings (SSSR count). The molecule has 1 amide bonds. The molecule has 0 bridgehead atoms. The summed E-state index contributed by atoms with van der Waals surface area (Å²) in [5.41, 5.74) is 5.94. The third kappa shape index (κ3) is 5.53. The summed E-state index contributed by atoms with van der Waals surface area (Å²) in [6.07, 6.45) is 3.28. The maximum Gasteiger partial charge on any atom is 0.306 e. The van der Waals surface area contributed by atoms with Crippen LogP contribution in [0.25, 0.3) is 22.3 Å². The Kier molecular flexibility index (Phi) is 7.38. The zero-order valence-electron chi connectivity index (χ0n) is 20.9. The van der Waals surface area contributed by atoms with E-state index in [2.05, 4.69) is 5.32 Å². The molecule has 6 nitrogen and oxygen atoms in total. The van der Waals surface area contributed by atoms with Crippen LogP contribution < -0.4 is 5.32 Å². The first-order valence-electron chi connectivity index (χ1n) is 12.7. The number of hydrogen-bond acceptors (Lipinski definition) is 4. The Morgan fingerprint density at radius 2 is 1.87 bits per heavy atom. The third-order valence-corrected chi connectivity index (χ3v) is 7.31. The number of carboxylic acids is 1. The van der Waals surface area contributed by atoms with Crippen molar-refractivity contribution in [3.8, 4) is 11.3 Å². The van der Waals surface area contributed by atoms with Crippen LogP contribution in [-0.4, -0.2) is 27.0 Å². The summed E-state index contributed by atoms with van der Waals surface area (Å²) in [6, 6.07) is 17.0. The van der Waals surface area contributed by atoms with E-state index in [0.717, 1.165) is 29.5 Å². The second-order valence-electron chi connectivity index (χ2n) is 9.77. The van der Waals surface area contributed by atoms with Crippen LogP contribution in [0, 0.1) is 11.7 Å². The average Bonchev–Trinajstić information content (AvgIpc) is 3.29. The predicted molar refractivity (Wildman–Crippen MR) is 145 cm³/mol. The summed E-state index contributed by atoms with van der Waals surface area (Å²) in [5.74, 6) is -1.84. The second kappa shape index (κ2) is 10.9. The smallest absolute Gasteiger partial charge is 0.306 e. The molecule has 1 heterocycles. The number of carbonyl (C=O) groups excluding carboxylic acids is 1. The molecule has 0 unspecified atom stereocenters. The van der Waals surface area contributed by atoms with Gasteiger partial charge in [0.25, 0.3) is 5.91 Å². The van der Waals surface area contributed by atoms with Crippen LogP contribution >= 0.6 is 11.6 Å². The number of nitrogens with one attached hydrogen (secondary N) is 1. The van der Waals surface area contributed by atoms with Crippen LogP contribution in [0.1, 0.15) is 59.4 Å². The Morgan fingerprint density at radius 3 is 2.63 bits per heavy atom. The molecule has 1 aromatic heterocycles. The largest absolute Gasteiger partial charge is 0.481 e. The van der Waals surface area contributed by atoms with Crippen molar-refractivity contribution in [1.29, 1.82) is 0 Å². The molecular weight excluding hydrogens is 505 g/mol. The zero-order valence-corrected chi connectivity index (χ0v) is 21.6. The van der Waals surface area contributed by atoms with Crippen molar-refractivity contribution in [3.05, 3.63) is 93.9 Å². The molecule has 0 radical (unpaired) electrons. The lowest BCUT2D eigenvalue weighted by molar-refractivity contribution is -0.141. The van der Waals surface area contributed by atoms with Gasteiger partial charge in [-0.25, -0.2) is 14.4 Å². The molecule has 2 atom stereocenters. The van der Waals surface area contributed by atoms with Gasteiger partial charge in [0.2, 0.25) is 0 Å². The van der Waals surface area contributed by atoms with Gasteiger partial charge in [0.05, 0.1) is 34.4 Å². The topological polar surface area (TPSA) is 92.2 Å². The molecule has 3 aromatic carbocycles. The fourth-order valence-corrected chi connectivity index (χ4v) is 5.12. The van der Waals surface area contributed by atoms with Gasteiger partial charge in [-0.05, 0) is 97.8 Å². The SMILES string of the molecule is C[C@@H](CCCc1nc2cc(C(=O)N[C@@H]3CCc4cc(Cl)ccc43)ccc2nc1-c1ccc(F)cc1)C(=O)O. The van der Waals surface area contributed by atoms with Gasteiger partial charge in [-0.1, -0.05) is 24.6 Å². The van der Waals surface area contributed by atoms with Gasteiger partial charge in [0, 0.05) is 16.1 Å². The Balaban J connectivity index is 1.43. The minimum Gasteiger partial charge on any atom is -0.481 e. The molecule has 194 valence electrons. The van der Waals surface area contributed by atoms with Gasteiger partial charge in [-0.2, -0.15) is 0 Å². The number of aliphatic carboxylic acids is 1. The van der Waals surface area contributed by atoms with Crippen LogP contribution in [0.4, 0.5) is 4.39 Å². The van der Waals surface area contributed by atoms with Crippen LogP contribution in [0.15, 0.2) is 60.7 Å². The van der Waals surface area contributed by atoms with E-state index in [1.165, 1.54) is 12.1 Å². The van der Waals surface area contributed by atoms with E-state index in [1.54, 1.807) is 37.3 Å². The van der Waals surface area contributed by atoms with E-state index >= 15 is 0 Å². The molecule has 0 spiro atoms. The maximum absolute atomic E-state index is 13.6. The molecule has 0 saturated carbocycles. The Morgan fingerprint density at radius 1 is 1.08 bits per heavy atom. The molecule has 1 aliphatic carbocycles. The standard InChI is InChI=1S/C30H27ClFN3O3/c1-17(30(37)38)3-2-4-26-28(18-5-10-22(32)11-6-18)34-25-14-8-20(16-27(25)33-26)29(36)35-24-13-7-19-15-21(31)9-12-23(19)24/h5-6,8-12,14-17,24H,2-4,7,13H2,1H3,(H,35,36)(H,37,38)/t17-,24+/m0/s1. The van der Waals surface area contributed by atoms with E-state index in [-0.39, 0.29) is 17.8 Å². The number of rotatable bonds is 8. The van der Waals surface area contributed by atoms with Gasteiger partial charge >= 0.3 is 5.97 Å².